The highest BCUT2D eigenvalue weighted by atomic mass is 19.1. The van der Waals surface area contributed by atoms with Gasteiger partial charge in [0.15, 0.2) is 0 Å². The van der Waals surface area contributed by atoms with E-state index in [0.717, 1.165) is 0 Å². The summed E-state index contributed by atoms with van der Waals surface area (Å²) >= 11 is 0. The number of halogens is 1. The average Bonchev–Trinajstić information content (AvgIpc) is 2.70. The lowest BCUT2D eigenvalue weighted by Crippen LogP contribution is -2.14. The number of hydrogen-bond donors (Lipinski definition) is 3. The van der Waals surface area contributed by atoms with Gasteiger partial charge in [0.1, 0.15) is 11.6 Å². The second-order valence-corrected chi connectivity index (χ2v) is 3.43. The van der Waals surface area contributed by atoms with Gasteiger partial charge < -0.3 is 11.1 Å². The highest BCUT2D eigenvalue weighted by Crippen LogP contribution is 2.16. The molecular formula is C10H10FN5O. The van der Waals surface area contributed by atoms with E-state index >= 15 is 0 Å². The number of nitrogens with zero attached hydrogens (tertiary/aromatic N) is 2. The number of rotatable bonds is 2. The number of carbonyl (C=O) groups excluding carboxylic acids is 1. The van der Waals surface area contributed by atoms with Crippen LogP contribution in [-0.2, 0) is 0 Å². The van der Waals surface area contributed by atoms with E-state index in [9.17, 15) is 9.18 Å². The summed E-state index contributed by atoms with van der Waals surface area (Å²) in [6.45, 7) is 1.68. The first-order chi connectivity index (χ1) is 8.06. The van der Waals surface area contributed by atoms with Crippen LogP contribution in [0, 0.1) is 12.7 Å². The zero-order chi connectivity index (χ0) is 12.4. The van der Waals surface area contributed by atoms with E-state index < -0.39 is 11.7 Å². The Morgan fingerprint density at radius 3 is 2.88 bits per heavy atom. The van der Waals surface area contributed by atoms with E-state index in [1.807, 2.05) is 0 Å². The van der Waals surface area contributed by atoms with Crippen molar-refractivity contribution in [2.45, 2.75) is 6.92 Å². The number of amides is 1. The average molecular weight is 235 g/mol. The van der Waals surface area contributed by atoms with Crippen molar-refractivity contribution >= 4 is 17.3 Å². The van der Waals surface area contributed by atoms with Crippen molar-refractivity contribution in [2.24, 2.45) is 0 Å². The van der Waals surface area contributed by atoms with Crippen molar-refractivity contribution in [3.8, 4) is 0 Å². The first-order valence-corrected chi connectivity index (χ1v) is 4.81. The molecule has 0 fully saturated rings. The molecule has 0 atom stereocenters. The van der Waals surface area contributed by atoms with E-state index in [-0.39, 0.29) is 11.5 Å². The quantitative estimate of drug-likeness (QED) is 0.678. The summed E-state index contributed by atoms with van der Waals surface area (Å²) in [5, 5.41) is 8.76. The van der Waals surface area contributed by atoms with Gasteiger partial charge in [0.05, 0.1) is 5.69 Å². The number of hydrogen-bond acceptors (Lipinski definition) is 4. The van der Waals surface area contributed by atoms with Gasteiger partial charge in [0.25, 0.3) is 5.91 Å². The summed E-state index contributed by atoms with van der Waals surface area (Å²) in [7, 11) is 0. The molecule has 7 heteroatoms. The maximum atomic E-state index is 12.9. The van der Waals surface area contributed by atoms with E-state index in [1.165, 1.54) is 18.2 Å². The monoisotopic (exact) mass is 235 g/mol. The molecule has 2 rings (SSSR count). The van der Waals surface area contributed by atoms with Gasteiger partial charge >= 0.3 is 0 Å². The van der Waals surface area contributed by atoms with Gasteiger partial charge in [0, 0.05) is 5.69 Å². The van der Waals surface area contributed by atoms with E-state index in [4.69, 9.17) is 5.73 Å². The Hall–Kier alpha value is -2.44. The molecule has 6 nitrogen and oxygen atoms in total. The maximum absolute atomic E-state index is 12.9. The van der Waals surface area contributed by atoms with E-state index in [1.54, 1.807) is 6.92 Å². The Balaban J connectivity index is 2.15. The van der Waals surface area contributed by atoms with Crippen LogP contribution in [-0.4, -0.2) is 21.1 Å². The third-order valence-electron chi connectivity index (χ3n) is 2.05. The minimum Gasteiger partial charge on any atom is -0.396 e. The van der Waals surface area contributed by atoms with Crippen LogP contribution in [0.15, 0.2) is 18.2 Å². The Bertz CT molecular complexity index is 566. The number of aryl methyl sites for hydroxylation is 1. The number of aromatic nitrogens is 3. The summed E-state index contributed by atoms with van der Waals surface area (Å²) in [6.07, 6.45) is 0. The van der Waals surface area contributed by atoms with Crippen molar-refractivity contribution in [1.29, 1.82) is 0 Å². The van der Waals surface area contributed by atoms with Crippen molar-refractivity contribution in [2.75, 3.05) is 11.1 Å². The van der Waals surface area contributed by atoms with Crippen LogP contribution in [0.4, 0.5) is 15.8 Å². The summed E-state index contributed by atoms with van der Waals surface area (Å²) in [5.74, 6) is -0.462. The maximum Gasteiger partial charge on any atom is 0.295 e. The fraction of sp³-hybridized carbons (Fsp3) is 0.100. The molecule has 1 aromatic heterocycles. The van der Waals surface area contributed by atoms with Crippen molar-refractivity contribution in [3.63, 3.8) is 0 Å². The van der Waals surface area contributed by atoms with Gasteiger partial charge in [0.2, 0.25) is 5.82 Å². The van der Waals surface area contributed by atoms with Gasteiger partial charge in [-0.25, -0.2) is 9.37 Å². The standard InChI is InChI=1S/C10H10FN5O/c1-5-13-9(16-15-5)10(17)14-6-2-3-7(11)8(12)4-6/h2-4H,12H2,1H3,(H,14,17)(H,13,15,16). The molecule has 0 saturated carbocycles. The number of anilines is 2. The predicted molar refractivity (Wildman–Crippen MR) is 59.9 cm³/mol. The van der Waals surface area contributed by atoms with Gasteiger partial charge in [-0.3, -0.25) is 9.89 Å². The van der Waals surface area contributed by atoms with Crippen LogP contribution in [0.1, 0.15) is 16.4 Å². The second kappa shape index (κ2) is 4.20. The van der Waals surface area contributed by atoms with Crippen LogP contribution in [0.3, 0.4) is 0 Å². The minimum atomic E-state index is -0.531. The molecular weight excluding hydrogens is 225 g/mol. The zero-order valence-electron chi connectivity index (χ0n) is 8.99. The predicted octanol–water partition coefficient (Wildman–Crippen LogP) is 1.09. The molecule has 88 valence electrons. The van der Waals surface area contributed by atoms with E-state index in [2.05, 4.69) is 20.5 Å². The molecule has 0 radical (unpaired) electrons. The van der Waals surface area contributed by atoms with Gasteiger partial charge in [-0.15, -0.1) is 5.10 Å². The van der Waals surface area contributed by atoms with Crippen LogP contribution in [0.2, 0.25) is 0 Å². The van der Waals surface area contributed by atoms with Crippen LogP contribution in [0.5, 0.6) is 0 Å². The van der Waals surface area contributed by atoms with E-state index in [0.29, 0.717) is 11.5 Å². The first-order valence-electron chi connectivity index (χ1n) is 4.81. The Morgan fingerprint density at radius 2 is 2.29 bits per heavy atom. The van der Waals surface area contributed by atoms with Crippen molar-refractivity contribution in [1.82, 2.24) is 15.2 Å². The number of nitrogens with one attached hydrogen (secondary N) is 2. The van der Waals surface area contributed by atoms with Crippen molar-refractivity contribution in [3.05, 3.63) is 35.7 Å². The number of benzene rings is 1. The third kappa shape index (κ3) is 2.39. The molecule has 2 aromatic rings. The lowest BCUT2D eigenvalue weighted by Gasteiger charge is -2.03. The highest BCUT2D eigenvalue weighted by molar-refractivity contribution is 6.01. The summed E-state index contributed by atoms with van der Waals surface area (Å²) in [4.78, 5) is 15.5. The summed E-state index contributed by atoms with van der Waals surface area (Å²) < 4.78 is 12.9. The molecule has 0 aliphatic carbocycles. The number of H-pyrrole nitrogens is 1. The molecule has 4 N–H and O–H groups in total. The summed E-state index contributed by atoms with van der Waals surface area (Å²) in [5.41, 5.74) is 5.73. The third-order valence-corrected chi connectivity index (χ3v) is 2.05. The summed E-state index contributed by atoms with van der Waals surface area (Å²) in [6, 6.07) is 3.91. The fourth-order valence-corrected chi connectivity index (χ4v) is 1.25. The normalized spacial score (nSPS) is 10.2. The molecule has 1 amide bonds. The molecule has 1 heterocycles. The topological polar surface area (TPSA) is 96.7 Å². The molecule has 0 bridgehead atoms. The molecule has 0 aliphatic rings. The number of aromatic amines is 1. The van der Waals surface area contributed by atoms with Crippen LogP contribution < -0.4 is 11.1 Å². The van der Waals surface area contributed by atoms with Gasteiger partial charge in [-0.1, -0.05) is 0 Å². The Kier molecular flexibility index (Phi) is 2.73. The van der Waals surface area contributed by atoms with Crippen LogP contribution in [0.25, 0.3) is 0 Å². The number of carbonyl (C=O) groups is 1. The lowest BCUT2D eigenvalue weighted by molar-refractivity contribution is 0.101. The van der Waals surface area contributed by atoms with Crippen LogP contribution >= 0.6 is 0 Å². The molecule has 0 aliphatic heterocycles. The largest absolute Gasteiger partial charge is 0.396 e. The first kappa shape index (κ1) is 11.1. The molecule has 17 heavy (non-hydrogen) atoms. The highest BCUT2D eigenvalue weighted by Gasteiger charge is 2.11. The fourth-order valence-electron chi connectivity index (χ4n) is 1.25. The lowest BCUT2D eigenvalue weighted by atomic mass is 10.2. The molecule has 0 saturated heterocycles. The Labute approximate surface area is 96.1 Å². The van der Waals surface area contributed by atoms with Gasteiger partial charge in [-0.2, -0.15) is 0 Å². The second-order valence-electron chi connectivity index (χ2n) is 3.43. The van der Waals surface area contributed by atoms with Crippen molar-refractivity contribution < 1.29 is 9.18 Å². The molecule has 0 spiro atoms. The van der Waals surface area contributed by atoms with Gasteiger partial charge in [-0.05, 0) is 25.1 Å². The molecule has 0 unspecified atom stereocenters. The molecule has 1 aromatic carbocycles. The minimum absolute atomic E-state index is 0.0189. The smallest absolute Gasteiger partial charge is 0.295 e. The number of nitrogen functional groups attached to an aromatic ring is 1. The Morgan fingerprint density at radius 1 is 1.53 bits per heavy atom. The zero-order valence-corrected chi connectivity index (χ0v) is 8.99. The number of nitrogens with two attached hydrogens (primary N) is 1. The SMILES string of the molecule is Cc1nc(C(=O)Nc2ccc(F)c(N)c2)n[nH]1.